The Balaban J connectivity index is 1.33. The number of carbonyl (C=O) groups is 3. The molecule has 3 fully saturated rings. The number of nitrogens with one attached hydrogen (secondary N) is 1. The molecule has 4 rings (SSSR count). The number of imide groups is 1. The van der Waals surface area contributed by atoms with Gasteiger partial charge in [-0.2, -0.15) is 0 Å². The van der Waals surface area contributed by atoms with Crippen molar-refractivity contribution in [1.29, 1.82) is 0 Å². The molecule has 0 aliphatic carbocycles. The van der Waals surface area contributed by atoms with Gasteiger partial charge in [-0.3, -0.25) is 14.5 Å². The first-order valence-corrected chi connectivity index (χ1v) is 11.7. The summed E-state index contributed by atoms with van der Waals surface area (Å²) >= 11 is 0. The van der Waals surface area contributed by atoms with Crippen molar-refractivity contribution >= 4 is 17.8 Å². The maximum absolute atomic E-state index is 13.4. The molecule has 0 bridgehead atoms. The van der Waals surface area contributed by atoms with E-state index in [0.29, 0.717) is 39.0 Å². The van der Waals surface area contributed by atoms with E-state index in [1.807, 2.05) is 6.07 Å². The average molecular weight is 443 g/mol. The molecule has 3 aliphatic heterocycles. The first kappa shape index (κ1) is 22.7. The fourth-order valence-corrected chi connectivity index (χ4v) is 5.14. The monoisotopic (exact) mass is 442 g/mol. The van der Waals surface area contributed by atoms with Gasteiger partial charge in [0, 0.05) is 39.8 Å². The number of urea groups is 1. The van der Waals surface area contributed by atoms with Gasteiger partial charge in [0.25, 0.3) is 5.91 Å². The van der Waals surface area contributed by atoms with E-state index in [-0.39, 0.29) is 23.9 Å². The minimum Gasteiger partial charge on any atom is -0.384 e. The van der Waals surface area contributed by atoms with Crippen molar-refractivity contribution in [3.8, 4) is 0 Å². The standard InChI is InChI=1S/C24H34N4O4/c1-32-17-10-21(29)27-13-5-8-20(18-27)28-22(30)24(25-23(28)31)11-15-26(16-12-24)14-9-19-6-3-2-4-7-19/h2-4,6-7,20H,5,8-18H2,1H3,(H,25,31)/t20-/m1/s1. The maximum Gasteiger partial charge on any atom is 0.325 e. The topological polar surface area (TPSA) is 82.2 Å². The third kappa shape index (κ3) is 4.81. The van der Waals surface area contributed by atoms with Crippen LogP contribution < -0.4 is 5.32 Å². The number of amides is 4. The molecule has 1 aromatic rings. The van der Waals surface area contributed by atoms with Crippen molar-refractivity contribution < 1.29 is 19.1 Å². The molecule has 1 N–H and O–H groups in total. The lowest BCUT2D eigenvalue weighted by Gasteiger charge is -2.39. The molecule has 8 heteroatoms. The highest BCUT2D eigenvalue weighted by molar-refractivity contribution is 6.07. The Morgan fingerprint density at radius 1 is 1.16 bits per heavy atom. The predicted octanol–water partition coefficient (Wildman–Crippen LogP) is 1.64. The smallest absolute Gasteiger partial charge is 0.325 e. The van der Waals surface area contributed by atoms with Crippen LogP contribution >= 0.6 is 0 Å². The summed E-state index contributed by atoms with van der Waals surface area (Å²) in [4.78, 5) is 44.2. The van der Waals surface area contributed by atoms with Gasteiger partial charge < -0.3 is 19.9 Å². The SMILES string of the molecule is COCCC(=O)N1CCC[C@@H](N2C(=O)NC3(CCN(CCc4ccccc4)CC3)C2=O)C1. The summed E-state index contributed by atoms with van der Waals surface area (Å²) in [5.41, 5.74) is 0.522. The molecule has 1 aromatic carbocycles. The van der Waals surface area contributed by atoms with E-state index in [4.69, 9.17) is 4.74 Å². The van der Waals surface area contributed by atoms with Crippen molar-refractivity contribution in [2.45, 2.75) is 50.1 Å². The van der Waals surface area contributed by atoms with Gasteiger partial charge in [-0.25, -0.2) is 4.79 Å². The van der Waals surface area contributed by atoms with Crippen LogP contribution in [0.2, 0.25) is 0 Å². The predicted molar refractivity (Wildman–Crippen MR) is 120 cm³/mol. The zero-order chi connectivity index (χ0) is 22.6. The Hall–Kier alpha value is -2.45. The van der Waals surface area contributed by atoms with E-state index in [9.17, 15) is 14.4 Å². The number of benzene rings is 1. The van der Waals surface area contributed by atoms with Crippen molar-refractivity contribution in [2.24, 2.45) is 0 Å². The Morgan fingerprint density at radius 3 is 2.62 bits per heavy atom. The zero-order valence-electron chi connectivity index (χ0n) is 18.9. The number of piperidine rings is 2. The third-order valence-electron chi connectivity index (χ3n) is 7.10. The van der Waals surface area contributed by atoms with Crippen LogP contribution in [0.4, 0.5) is 4.79 Å². The van der Waals surface area contributed by atoms with Crippen molar-refractivity contribution in [1.82, 2.24) is 20.0 Å². The zero-order valence-corrected chi connectivity index (χ0v) is 18.9. The van der Waals surface area contributed by atoms with Crippen LogP contribution in [0, 0.1) is 0 Å². The van der Waals surface area contributed by atoms with Gasteiger partial charge in [0.15, 0.2) is 0 Å². The van der Waals surface area contributed by atoms with E-state index in [1.165, 1.54) is 10.5 Å². The highest BCUT2D eigenvalue weighted by Gasteiger charge is 2.54. The van der Waals surface area contributed by atoms with E-state index in [1.54, 1.807) is 12.0 Å². The van der Waals surface area contributed by atoms with E-state index in [0.717, 1.165) is 38.9 Å². The van der Waals surface area contributed by atoms with Gasteiger partial charge in [0.2, 0.25) is 5.91 Å². The number of rotatable bonds is 7. The summed E-state index contributed by atoms with van der Waals surface area (Å²) in [5.74, 6) is -0.0913. The van der Waals surface area contributed by atoms with Crippen molar-refractivity contribution in [2.75, 3.05) is 46.4 Å². The molecule has 1 spiro atoms. The minimum atomic E-state index is -0.789. The Bertz CT molecular complexity index is 823. The molecule has 3 heterocycles. The number of hydrogen-bond acceptors (Lipinski definition) is 5. The van der Waals surface area contributed by atoms with Crippen LogP contribution in [0.25, 0.3) is 0 Å². The summed E-state index contributed by atoms with van der Waals surface area (Å²) < 4.78 is 5.01. The summed E-state index contributed by atoms with van der Waals surface area (Å²) in [7, 11) is 1.58. The molecule has 8 nitrogen and oxygen atoms in total. The van der Waals surface area contributed by atoms with E-state index in [2.05, 4.69) is 34.5 Å². The highest BCUT2D eigenvalue weighted by Crippen LogP contribution is 2.32. The second kappa shape index (κ2) is 10.0. The summed E-state index contributed by atoms with van der Waals surface area (Å²) in [6.45, 7) is 4.00. The van der Waals surface area contributed by atoms with Gasteiger partial charge in [-0.05, 0) is 37.7 Å². The first-order chi connectivity index (χ1) is 15.5. The maximum atomic E-state index is 13.4. The van der Waals surface area contributed by atoms with Crippen molar-refractivity contribution in [3.63, 3.8) is 0 Å². The summed E-state index contributed by atoms with van der Waals surface area (Å²) in [6.07, 6.45) is 4.10. The van der Waals surface area contributed by atoms with E-state index >= 15 is 0 Å². The van der Waals surface area contributed by atoms with Crippen LogP contribution in [0.5, 0.6) is 0 Å². The third-order valence-corrected chi connectivity index (χ3v) is 7.10. The molecular weight excluding hydrogens is 408 g/mol. The fourth-order valence-electron chi connectivity index (χ4n) is 5.14. The number of carbonyl (C=O) groups excluding carboxylic acids is 3. The lowest BCUT2D eigenvalue weighted by molar-refractivity contribution is -0.139. The minimum absolute atomic E-state index is 0.0186. The molecular formula is C24H34N4O4. The molecule has 0 unspecified atom stereocenters. The van der Waals surface area contributed by atoms with Gasteiger partial charge in [0.05, 0.1) is 19.1 Å². The average Bonchev–Trinajstić information content (AvgIpc) is 3.06. The molecule has 4 amide bonds. The van der Waals surface area contributed by atoms with Crippen LogP contribution in [0.3, 0.4) is 0 Å². The summed E-state index contributed by atoms with van der Waals surface area (Å²) in [5, 5.41) is 3.03. The molecule has 3 saturated heterocycles. The van der Waals surface area contributed by atoms with Crippen LogP contribution in [-0.2, 0) is 20.7 Å². The van der Waals surface area contributed by atoms with Gasteiger partial charge in [-0.1, -0.05) is 30.3 Å². The lowest BCUT2D eigenvalue weighted by Crippen LogP contribution is -2.56. The quantitative estimate of drug-likeness (QED) is 0.650. The Kier molecular flexibility index (Phi) is 7.10. The van der Waals surface area contributed by atoms with Crippen molar-refractivity contribution in [3.05, 3.63) is 35.9 Å². The normalized spacial score (nSPS) is 23.6. The number of likely N-dealkylation sites (tertiary alicyclic amines) is 2. The van der Waals surface area contributed by atoms with Gasteiger partial charge in [-0.15, -0.1) is 0 Å². The highest BCUT2D eigenvalue weighted by atomic mass is 16.5. The van der Waals surface area contributed by atoms with Gasteiger partial charge in [0.1, 0.15) is 5.54 Å². The van der Waals surface area contributed by atoms with Gasteiger partial charge >= 0.3 is 6.03 Å². The molecule has 174 valence electrons. The lowest BCUT2D eigenvalue weighted by atomic mass is 9.87. The fraction of sp³-hybridized carbons (Fsp3) is 0.625. The molecule has 0 aromatic heterocycles. The molecule has 0 saturated carbocycles. The molecule has 0 radical (unpaired) electrons. The van der Waals surface area contributed by atoms with Crippen LogP contribution in [0.1, 0.15) is 37.7 Å². The Morgan fingerprint density at radius 2 is 1.91 bits per heavy atom. The largest absolute Gasteiger partial charge is 0.384 e. The van der Waals surface area contributed by atoms with E-state index < -0.39 is 5.54 Å². The number of nitrogens with zero attached hydrogens (tertiary/aromatic N) is 3. The Labute approximate surface area is 189 Å². The first-order valence-electron chi connectivity index (χ1n) is 11.7. The molecule has 32 heavy (non-hydrogen) atoms. The number of hydrogen-bond donors (Lipinski definition) is 1. The second-order valence-electron chi connectivity index (χ2n) is 9.14. The molecule has 3 aliphatic rings. The number of methoxy groups -OCH3 is 1. The number of ether oxygens (including phenoxy) is 1. The van der Waals surface area contributed by atoms with Crippen LogP contribution in [-0.4, -0.2) is 90.6 Å². The summed E-state index contributed by atoms with van der Waals surface area (Å²) in [6, 6.07) is 9.85. The second-order valence-corrected chi connectivity index (χ2v) is 9.14. The van der Waals surface area contributed by atoms with Crippen LogP contribution in [0.15, 0.2) is 30.3 Å². The molecule has 1 atom stereocenters.